The maximum absolute atomic E-state index is 11.7. The van der Waals surface area contributed by atoms with Gasteiger partial charge in [0.15, 0.2) is 11.7 Å². The van der Waals surface area contributed by atoms with E-state index >= 15 is 0 Å². The van der Waals surface area contributed by atoms with E-state index in [0.717, 1.165) is 5.69 Å². The first-order valence-electron chi connectivity index (χ1n) is 6.94. The Morgan fingerprint density at radius 2 is 1.95 bits per heavy atom. The van der Waals surface area contributed by atoms with Crippen molar-refractivity contribution < 1.29 is 9.53 Å². The highest BCUT2D eigenvalue weighted by molar-refractivity contribution is 7.80. The van der Waals surface area contributed by atoms with E-state index in [0.29, 0.717) is 10.9 Å². The Morgan fingerprint density at radius 1 is 1.27 bits per heavy atom. The number of thiocarbonyl (C=S) groups is 1. The standard InChI is InChI=1S/C15H24N4O2S/c1-15(2,3)16-14(22)18-17-13(20)10-21-12-8-6-7-11(9-12)19(4)5/h6-9H,10H2,1-5H3,(H,17,20)(H2,16,18,22). The van der Waals surface area contributed by atoms with Crippen molar-refractivity contribution in [2.24, 2.45) is 0 Å². The molecule has 1 amide bonds. The molecular formula is C15H24N4O2S. The van der Waals surface area contributed by atoms with Crippen LogP contribution in [0.25, 0.3) is 0 Å². The molecule has 3 N–H and O–H groups in total. The molecular weight excluding hydrogens is 300 g/mol. The number of hydrogen-bond acceptors (Lipinski definition) is 4. The summed E-state index contributed by atoms with van der Waals surface area (Å²) in [6.45, 7) is 5.83. The quantitative estimate of drug-likeness (QED) is 0.575. The Bertz CT molecular complexity index is 527. The molecule has 0 aliphatic carbocycles. The van der Waals surface area contributed by atoms with Crippen LogP contribution in [0.15, 0.2) is 24.3 Å². The fourth-order valence-electron chi connectivity index (χ4n) is 1.53. The zero-order chi connectivity index (χ0) is 16.8. The van der Waals surface area contributed by atoms with E-state index in [1.807, 2.05) is 58.0 Å². The number of rotatable bonds is 4. The van der Waals surface area contributed by atoms with Crippen molar-refractivity contribution in [2.45, 2.75) is 26.3 Å². The van der Waals surface area contributed by atoms with Crippen LogP contribution in [0.1, 0.15) is 20.8 Å². The second kappa shape index (κ2) is 7.84. The lowest BCUT2D eigenvalue weighted by Gasteiger charge is -2.23. The van der Waals surface area contributed by atoms with Gasteiger partial charge in [-0.15, -0.1) is 0 Å². The smallest absolute Gasteiger partial charge is 0.276 e. The molecule has 1 rings (SSSR count). The molecule has 0 bridgehead atoms. The van der Waals surface area contributed by atoms with Crippen LogP contribution < -0.4 is 25.8 Å². The molecule has 0 aliphatic heterocycles. The number of anilines is 1. The maximum atomic E-state index is 11.7. The second-order valence-corrected chi connectivity index (χ2v) is 6.47. The average molecular weight is 324 g/mol. The number of hydrogen-bond donors (Lipinski definition) is 3. The second-order valence-electron chi connectivity index (χ2n) is 6.06. The largest absolute Gasteiger partial charge is 0.484 e. The number of carbonyl (C=O) groups excluding carboxylic acids is 1. The zero-order valence-corrected chi connectivity index (χ0v) is 14.5. The summed E-state index contributed by atoms with van der Waals surface area (Å²) in [4.78, 5) is 13.7. The summed E-state index contributed by atoms with van der Waals surface area (Å²) in [5.74, 6) is 0.324. The van der Waals surface area contributed by atoms with Gasteiger partial charge in [-0.05, 0) is 45.1 Å². The molecule has 0 atom stereocenters. The lowest BCUT2D eigenvalue weighted by Crippen LogP contribution is -2.52. The average Bonchev–Trinajstić information content (AvgIpc) is 2.41. The normalized spacial score (nSPS) is 10.6. The monoisotopic (exact) mass is 324 g/mol. The van der Waals surface area contributed by atoms with Crippen LogP contribution in [-0.4, -0.2) is 37.3 Å². The SMILES string of the molecule is CN(C)c1cccc(OCC(=O)NNC(=S)NC(C)(C)C)c1. The van der Waals surface area contributed by atoms with Crippen molar-refractivity contribution >= 4 is 28.9 Å². The van der Waals surface area contributed by atoms with Crippen LogP contribution in [0, 0.1) is 0 Å². The number of nitrogens with zero attached hydrogens (tertiary/aromatic N) is 1. The van der Waals surface area contributed by atoms with Crippen molar-refractivity contribution in [2.75, 3.05) is 25.6 Å². The first-order chi connectivity index (χ1) is 10.2. The minimum atomic E-state index is -0.312. The summed E-state index contributed by atoms with van der Waals surface area (Å²) in [7, 11) is 3.89. The Balaban J connectivity index is 2.37. The lowest BCUT2D eigenvalue weighted by molar-refractivity contribution is -0.123. The third-order valence-corrected chi connectivity index (χ3v) is 2.71. The first kappa shape index (κ1) is 18.0. The molecule has 0 fully saturated rings. The van der Waals surface area contributed by atoms with Crippen molar-refractivity contribution in [1.82, 2.24) is 16.2 Å². The summed E-state index contributed by atoms with van der Waals surface area (Å²) in [6.07, 6.45) is 0. The maximum Gasteiger partial charge on any atom is 0.276 e. The minimum absolute atomic E-state index is 0.0952. The Hall–Kier alpha value is -2.02. The molecule has 22 heavy (non-hydrogen) atoms. The molecule has 7 heteroatoms. The lowest BCUT2D eigenvalue weighted by atomic mass is 10.1. The molecule has 0 saturated carbocycles. The number of carbonyl (C=O) groups is 1. The van der Waals surface area contributed by atoms with E-state index in [9.17, 15) is 4.79 Å². The number of benzene rings is 1. The first-order valence-corrected chi connectivity index (χ1v) is 7.35. The van der Waals surface area contributed by atoms with Crippen LogP contribution in [0.5, 0.6) is 5.75 Å². The molecule has 0 radical (unpaired) electrons. The van der Waals surface area contributed by atoms with Gasteiger partial charge in [0.25, 0.3) is 5.91 Å². The fraction of sp³-hybridized carbons (Fsp3) is 0.467. The summed E-state index contributed by atoms with van der Waals surface area (Å²) in [5.41, 5.74) is 5.96. The van der Waals surface area contributed by atoms with E-state index in [-0.39, 0.29) is 18.1 Å². The van der Waals surface area contributed by atoms with Crippen LogP contribution in [0.3, 0.4) is 0 Å². The summed E-state index contributed by atoms with van der Waals surface area (Å²) < 4.78 is 5.45. The fourth-order valence-corrected chi connectivity index (χ4v) is 1.89. The predicted molar refractivity (Wildman–Crippen MR) is 93.0 cm³/mol. The van der Waals surface area contributed by atoms with Gasteiger partial charge in [-0.3, -0.25) is 15.6 Å². The molecule has 0 saturated heterocycles. The van der Waals surface area contributed by atoms with E-state index < -0.39 is 0 Å². The van der Waals surface area contributed by atoms with Gasteiger partial charge >= 0.3 is 0 Å². The van der Waals surface area contributed by atoms with Gasteiger partial charge < -0.3 is 15.0 Å². The zero-order valence-electron chi connectivity index (χ0n) is 13.7. The molecule has 122 valence electrons. The number of ether oxygens (including phenoxy) is 1. The van der Waals surface area contributed by atoms with Crippen LogP contribution in [-0.2, 0) is 4.79 Å². The highest BCUT2D eigenvalue weighted by Crippen LogP contribution is 2.18. The number of amides is 1. The number of hydrazine groups is 1. The Morgan fingerprint density at radius 3 is 2.55 bits per heavy atom. The van der Waals surface area contributed by atoms with E-state index in [1.165, 1.54) is 0 Å². The molecule has 1 aromatic rings. The van der Waals surface area contributed by atoms with E-state index in [4.69, 9.17) is 17.0 Å². The van der Waals surface area contributed by atoms with Crippen LogP contribution >= 0.6 is 12.2 Å². The topological polar surface area (TPSA) is 65.6 Å². The van der Waals surface area contributed by atoms with Crippen LogP contribution in [0.4, 0.5) is 5.69 Å². The molecule has 0 aliphatic rings. The van der Waals surface area contributed by atoms with E-state index in [1.54, 1.807) is 6.07 Å². The molecule has 0 unspecified atom stereocenters. The molecule has 0 aromatic heterocycles. The van der Waals surface area contributed by atoms with Crippen LogP contribution in [0.2, 0.25) is 0 Å². The third kappa shape index (κ3) is 7.12. The summed E-state index contributed by atoms with van der Waals surface area (Å²) in [5, 5.41) is 3.38. The van der Waals surface area contributed by atoms with Gasteiger partial charge in [0.05, 0.1) is 0 Å². The van der Waals surface area contributed by atoms with Crippen molar-refractivity contribution in [3.8, 4) is 5.75 Å². The van der Waals surface area contributed by atoms with E-state index in [2.05, 4.69) is 16.2 Å². The number of nitrogens with one attached hydrogen (secondary N) is 3. The van der Waals surface area contributed by atoms with Gasteiger partial charge in [0.1, 0.15) is 5.75 Å². The Kier molecular flexibility index (Phi) is 6.42. The molecule has 0 heterocycles. The molecule has 1 aromatic carbocycles. The molecule has 6 nitrogen and oxygen atoms in total. The predicted octanol–water partition coefficient (Wildman–Crippen LogP) is 1.43. The van der Waals surface area contributed by atoms with Crippen molar-refractivity contribution in [1.29, 1.82) is 0 Å². The van der Waals surface area contributed by atoms with Gasteiger partial charge in [-0.1, -0.05) is 6.07 Å². The third-order valence-electron chi connectivity index (χ3n) is 2.51. The minimum Gasteiger partial charge on any atom is -0.484 e. The molecule has 0 spiro atoms. The van der Waals surface area contributed by atoms with Crippen molar-refractivity contribution in [3.05, 3.63) is 24.3 Å². The van der Waals surface area contributed by atoms with Gasteiger partial charge in [0, 0.05) is 31.4 Å². The Labute approximate surface area is 137 Å². The van der Waals surface area contributed by atoms with Gasteiger partial charge in [-0.2, -0.15) is 0 Å². The summed E-state index contributed by atoms with van der Waals surface area (Å²) >= 11 is 5.06. The van der Waals surface area contributed by atoms with Gasteiger partial charge in [-0.25, -0.2) is 0 Å². The van der Waals surface area contributed by atoms with Gasteiger partial charge in [0.2, 0.25) is 0 Å². The highest BCUT2D eigenvalue weighted by atomic mass is 32.1. The highest BCUT2D eigenvalue weighted by Gasteiger charge is 2.11. The van der Waals surface area contributed by atoms with Crippen molar-refractivity contribution in [3.63, 3.8) is 0 Å². The summed E-state index contributed by atoms with van der Waals surface area (Å²) in [6, 6.07) is 7.51.